The van der Waals surface area contributed by atoms with Crippen LogP contribution >= 0.6 is 11.3 Å². The van der Waals surface area contributed by atoms with E-state index in [9.17, 15) is 0 Å². The van der Waals surface area contributed by atoms with E-state index in [1.807, 2.05) is 0 Å². The van der Waals surface area contributed by atoms with Crippen molar-refractivity contribution in [2.75, 3.05) is 11.4 Å². The van der Waals surface area contributed by atoms with Crippen LogP contribution in [0.3, 0.4) is 0 Å². The highest BCUT2D eigenvalue weighted by Crippen LogP contribution is 2.35. The first-order chi connectivity index (χ1) is 7.95. The molecule has 0 spiro atoms. The molecule has 1 aromatic carbocycles. The Labute approximate surface area is 99.6 Å². The molecule has 1 atom stereocenters. The topological polar surface area (TPSA) is 16.1 Å². The molecule has 1 radical (unpaired) electrons. The lowest BCUT2D eigenvalue weighted by Gasteiger charge is -2.25. The van der Waals surface area contributed by atoms with Crippen molar-refractivity contribution in [3.63, 3.8) is 0 Å². The predicted octanol–water partition coefficient (Wildman–Crippen LogP) is 3.28. The third-order valence-electron chi connectivity index (χ3n) is 3.09. The highest BCUT2D eigenvalue weighted by molar-refractivity contribution is 7.07. The van der Waals surface area contributed by atoms with E-state index in [-0.39, 0.29) is 0 Å². The van der Waals surface area contributed by atoms with Gasteiger partial charge in [0.15, 0.2) is 5.51 Å². The lowest BCUT2D eigenvalue weighted by molar-refractivity contribution is 0.699. The van der Waals surface area contributed by atoms with E-state index in [4.69, 9.17) is 0 Å². The van der Waals surface area contributed by atoms with E-state index >= 15 is 0 Å². The molecule has 1 saturated heterocycles. The number of thiazole rings is 1. The van der Waals surface area contributed by atoms with Crippen molar-refractivity contribution >= 4 is 17.0 Å². The number of hydrogen-bond donors (Lipinski definition) is 0. The first-order valence-electron chi connectivity index (χ1n) is 5.58. The Morgan fingerprint density at radius 3 is 2.94 bits per heavy atom. The summed E-state index contributed by atoms with van der Waals surface area (Å²) >= 11 is 1.56. The van der Waals surface area contributed by atoms with Gasteiger partial charge in [-0.25, -0.2) is 4.98 Å². The third kappa shape index (κ3) is 1.71. The third-order valence-corrected chi connectivity index (χ3v) is 3.65. The van der Waals surface area contributed by atoms with E-state index in [1.54, 1.807) is 11.3 Å². The van der Waals surface area contributed by atoms with E-state index in [0.29, 0.717) is 6.04 Å². The van der Waals surface area contributed by atoms with Crippen LogP contribution in [0.2, 0.25) is 0 Å². The zero-order valence-electron chi connectivity index (χ0n) is 8.97. The largest absolute Gasteiger partial charge is 0.363 e. The predicted molar refractivity (Wildman–Crippen MR) is 66.7 cm³/mol. The van der Waals surface area contributed by atoms with Gasteiger partial charge in [-0.2, -0.15) is 0 Å². The maximum Gasteiger partial charge on any atom is 0.152 e. The normalized spacial score (nSPS) is 20.2. The summed E-state index contributed by atoms with van der Waals surface area (Å²) in [5.74, 6) is 0. The number of benzene rings is 1. The van der Waals surface area contributed by atoms with Gasteiger partial charge in [-0.15, -0.1) is 11.3 Å². The fraction of sp³-hybridized carbons (Fsp3) is 0.308. The summed E-state index contributed by atoms with van der Waals surface area (Å²) in [7, 11) is 0. The van der Waals surface area contributed by atoms with Crippen molar-refractivity contribution in [2.45, 2.75) is 18.9 Å². The standard InChI is InChI=1S/C13H13N2S/c1-2-5-11(6-3-1)15-8-4-7-13(15)12-9-16-10-14-12/h1-3,5-6,9,13H,4,7-8H2/t13-/m1/s1. The molecule has 81 valence electrons. The second-order valence-corrected chi connectivity index (χ2v) is 4.70. The van der Waals surface area contributed by atoms with E-state index in [2.05, 4.69) is 51.1 Å². The fourth-order valence-electron chi connectivity index (χ4n) is 2.35. The van der Waals surface area contributed by atoms with Gasteiger partial charge < -0.3 is 4.90 Å². The van der Waals surface area contributed by atoms with Crippen LogP contribution in [0.5, 0.6) is 0 Å². The molecule has 1 aliphatic heterocycles. The molecule has 1 aliphatic rings. The summed E-state index contributed by atoms with van der Waals surface area (Å²) < 4.78 is 0. The summed E-state index contributed by atoms with van der Waals surface area (Å²) in [4.78, 5) is 6.77. The summed E-state index contributed by atoms with van der Waals surface area (Å²) in [6, 6.07) is 11.0. The Morgan fingerprint density at radius 1 is 1.31 bits per heavy atom. The van der Waals surface area contributed by atoms with Crippen molar-refractivity contribution in [3.8, 4) is 0 Å². The van der Waals surface area contributed by atoms with Crippen LogP contribution in [-0.2, 0) is 0 Å². The minimum absolute atomic E-state index is 0.449. The smallest absolute Gasteiger partial charge is 0.152 e. The number of para-hydroxylation sites is 1. The molecule has 16 heavy (non-hydrogen) atoms. The molecule has 2 aromatic rings. The molecule has 0 aliphatic carbocycles. The van der Waals surface area contributed by atoms with Crippen LogP contribution in [0, 0.1) is 5.51 Å². The molecule has 1 fully saturated rings. The molecule has 0 N–H and O–H groups in total. The maximum atomic E-state index is 4.33. The number of hydrogen-bond acceptors (Lipinski definition) is 3. The second-order valence-electron chi connectivity index (χ2n) is 4.05. The molecule has 2 heterocycles. The molecule has 1 aromatic heterocycles. The van der Waals surface area contributed by atoms with Gasteiger partial charge in [0.05, 0.1) is 11.7 Å². The maximum absolute atomic E-state index is 4.33. The van der Waals surface area contributed by atoms with Crippen LogP contribution < -0.4 is 4.90 Å². The highest BCUT2D eigenvalue weighted by Gasteiger charge is 2.27. The van der Waals surface area contributed by atoms with Gasteiger partial charge in [0.2, 0.25) is 0 Å². The van der Waals surface area contributed by atoms with Gasteiger partial charge in [0.1, 0.15) is 0 Å². The molecule has 0 saturated carbocycles. The molecule has 0 amide bonds. The average molecular weight is 229 g/mol. The summed E-state index contributed by atoms with van der Waals surface area (Å²) in [5.41, 5.74) is 5.42. The number of aromatic nitrogens is 1. The van der Waals surface area contributed by atoms with Gasteiger partial charge >= 0.3 is 0 Å². The van der Waals surface area contributed by atoms with Crippen molar-refractivity contribution in [2.24, 2.45) is 0 Å². The molecule has 0 bridgehead atoms. The Bertz CT molecular complexity index is 438. The lowest BCUT2D eigenvalue weighted by atomic mass is 10.1. The van der Waals surface area contributed by atoms with Crippen molar-refractivity contribution in [3.05, 3.63) is 46.9 Å². The lowest BCUT2D eigenvalue weighted by Crippen LogP contribution is -2.22. The van der Waals surface area contributed by atoms with Crippen LogP contribution in [0.4, 0.5) is 5.69 Å². The molecular formula is C13H13N2S. The summed E-state index contributed by atoms with van der Waals surface area (Å²) in [6.07, 6.45) is 2.45. The van der Waals surface area contributed by atoms with Gasteiger partial charge in [0, 0.05) is 17.6 Å². The average Bonchev–Trinajstić information content (AvgIpc) is 3.01. The molecular weight excluding hydrogens is 216 g/mol. The van der Waals surface area contributed by atoms with Crippen LogP contribution in [0.25, 0.3) is 0 Å². The van der Waals surface area contributed by atoms with E-state index in [1.165, 1.54) is 24.2 Å². The van der Waals surface area contributed by atoms with Crippen LogP contribution in [0.1, 0.15) is 24.6 Å². The van der Waals surface area contributed by atoms with Gasteiger partial charge in [-0.1, -0.05) is 18.2 Å². The Kier molecular flexibility index (Phi) is 2.62. The van der Waals surface area contributed by atoms with Gasteiger partial charge in [-0.3, -0.25) is 0 Å². The fourth-order valence-corrected chi connectivity index (χ4v) is 2.89. The summed E-state index contributed by atoms with van der Waals surface area (Å²) in [6.45, 7) is 1.13. The van der Waals surface area contributed by atoms with Gasteiger partial charge in [-0.05, 0) is 25.0 Å². The quantitative estimate of drug-likeness (QED) is 0.785. The number of rotatable bonds is 2. The Balaban J connectivity index is 1.90. The highest BCUT2D eigenvalue weighted by atomic mass is 32.1. The second kappa shape index (κ2) is 4.26. The Morgan fingerprint density at radius 2 is 2.19 bits per heavy atom. The van der Waals surface area contributed by atoms with Crippen molar-refractivity contribution in [1.82, 2.24) is 4.98 Å². The molecule has 2 nitrogen and oxygen atoms in total. The monoisotopic (exact) mass is 229 g/mol. The number of anilines is 1. The zero-order valence-corrected chi connectivity index (χ0v) is 9.78. The van der Waals surface area contributed by atoms with Crippen LogP contribution in [-0.4, -0.2) is 11.5 Å². The first kappa shape index (κ1) is 9.85. The number of nitrogens with zero attached hydrogens (tertiary/aromatic N) is 2. The zero-order chi connectivity index (χ0) is 10.8. The molecule has 3 rings (SSSR count). The minimum Gasteiger partial charge on any atom is -0.363 e. The molecule has 3 heteroatoms. The van der Waals surface area contributed by atoms with Gasteiger partial charge in [0.25, 0.3) is 0 Å². The SMILES string of the molecule is [c]1nc([C@H]2CCCN2c2ccccc2)cs1. The van der Waals surface area contributed by atoms with Crippen molar-refractivity contribution in [1.29, 1.82) is 0 Å². The minimum atomic E-state index is 0.449. The summed E-state index contributed by atoms with van der Waals surface area (Å²) in [5, 5.41) is 2.12. The van der Waals surface area contributed by atoms with Crippen molar-refractivity contribution < 1.29 is 0 Å². The van der Waals surface area contributed by atoms with E-state index < -0.39 is 0 Å². The molecule has 0 unspecified atom stereocenters. The first-order valence-corrected chi connectivity index (χ1v) is 6.46. The Hall–Kier alpha value is -1.35. The van der Waals surface area contributed by atoms with Crippen LogP contribution in [0.15, 0.2) is 35.7 Å². The van der Waals surface area contributed by atoms with E-state index in [0.717, 1.165) is 6.54 Å².